The second-order valence-corrected chi connectivity index (χ2v) is 3.29. The van der Waals surface area contributed by atoms with Crippen LogP contribution in [0.2, 0.25) is 0 Å². The van der Waals surface area contributed by atoms with Gasteiger partial charge in [-0.15, -0.1) is 0 Å². The molecule has 1 heterocycles. The molecule has 12 heavy (non-hydrogen) atoms. The van der Waals surface area contributed by atoms with E-state index in [0.29, 0.717) is 11.8 Å². The van der Waals surface area contributed by atoms with Crippen molar-refractivity contribution in [2.75, 3.05) is 0 Å². The van der Waals surface area contributed by atoms with Crippen molar-refractivity contribution in [1.29, 1.82) is 5.26 Å². The molecule has 1 rings (SSSR count). The minimum absolute atomic E-state index is 0.0971. The number of hydrogen-bond acceptors (Lipinski definition) is 2. The molecule has 0 aromatic heterocycles. The summed E-state index contributed by atoms with van der Waals surface area (Å²) in [6.07, 6.45) is -0.608. The highest BCUT2D eigenvalue weighted by Gasteiger charge is 2.39. The van der Waals surface area contributed by atoms with Crippen molar-refractivity contribution in [1.82, 2.24) is 0 Å². The van der Waals surface area contributed by atoms with Gasteiger partial charge in [0.15, 0.2) is 0 Å². The van der Waals surface area contributed by atoms with Gasteiger partial charge < -0.3 is 0 Å². The zero-order chi connectivity index (χ0) is 9.19. The lowest BCUT2D eigenvalue weighted by atomic mass is 10.3. The molecule has 1 nitrogen and oxygen atoms in total. The van der Waals surface area contributed by atoms with Crippen LogP contribution in [0.15, 0.2) is 23.1 Å². The molecular formula is C7H4F3NS. The van der Waals surface area contributed by atoms with Gasteiger partial charge in [-0.05, 0) is 6.08 Å². The lowest BCUT2D eigenvalue weighted by molar-refractivity contribution is -0.119. The average Bonchev–Trinajstić information content (AvgIpc) is 2.03. The van der Waals surface area contributed by atoms with Crippen molar-refractivity contribution in [2.45, 2.75) is 11.4 Å². The molecule has 64 valence electrons. The summed E-state index contributed by atoms with van der Waals surface area (Å²) >= 11 is 0.527. The molecular weight excluding hydrogens is 187 g/mol. The topological polar surface area (TPSA) is 23.8 Å². The second kappa shape index (κ2) is 3.23. The van der Waals surface area contributed by atoms with Crippen LogP contribution < -0.4 is 0 Å². The van der Waals surface area contributed by atoms with Gasteiger partial charge in [-0.1, -0.05) is 23.9 Å². The van der Waals surface area contributed by atoms with Gasteiger partial charge in [-0.25, -0.2) is 0 Å². The lowest BCUT2D eigenvalue weighted by Gasteiger charge is -2.17. The smallest absolute Gasteiger partial charge is 0.192 e. The van der Waals surface area contributed by atoms with Crippen LogP contribution in [-0.4, -0.2) is 11.4 Å². The lowest BCUT2D eigenvalue weighted by Crippen LogP contribution is -2.24. The van der Waals surface area contributed by atoms with Crippen molar-refractivity contribution >= 4 is 11.8 Å². The number of alkyl halides is 3. The van der Waals surface area contributed by atoms with Gasteiger partial charge in [0.1, 0.15) is 11.3 Å². The number of nitriles is 1. The maximum atomic E-state index is 12.0. The molecule has 0 saturated carbocycles. The summed E-state index contributed by atoms with van der Waals surface area (Å²) in [5, 5.41) is 6.76. The van der Waals surface area contributed by atoms with E-state index in [4.69, 9.17) is 5.26 Å². The molecule has 0 N–H and O–H groups in total. The molecule has 1 unspecified atom stereocenters. The fourth-order valence-electron chi connectivity index (χ4n) is 0.699. The fraction of sp³-hybridized carbons (Fsp3) is 0.286. The predicted molar refractivity (Wildman–Crippen MR) is 40.3 cm³/mol. The van der Waals surface area contributed by atoms with E-state index in [0.717, 1.165) is 6.08 Å². The Morgan fingerprint density at radius 3 is 2.67 bits per heavy atom. The minimum atomic E-state index is -4.27. The number of thioether (sulfide) groups is 1. The van der Waals surface area contributed by atoms with E-state index in [2.05, 4.69) is 0 Å². The van der Waals surface area contributed by atoms with Crippen LogP contribution in [0, 0.1) is 11.3 Å². The maximum Gasteiger partial charge on any atom is 0.404 e. The second-order valence-electron chi connectivity index (χ2n) is 2.11. The highest BCUT2D eigenvalue weighted by atomic mass is 32.2. The quantitative estimate of drug-likeness (QED) is 0.587. The Labute approximate surface area is 71.6 Å². The molecule has 0 bridgehead atoms. The van der Waals surface area contributed by atoms with E-state index < -0.39 is 11.4 Å². The molecule has 0 saturated heterocycles. The Hall–Kier alpha value is -0.890. The van der Waals surface area contributed by atoms with Crippen LogP contribution in [-0.2, 0) is 0 Å². The van der Waals surface area contributed by atoms with Crippen LogP contribution in [0.25, 0.3) is 0 Å². The molecule has 5 heteroatoms. The molecule has 0 amide bonds. The number of rotatable bonds is 0. The van der Waals surface area contributed by atoms with Crippen LogP contribution in [0.3, 0.4) is 0 Å². The van der Waals surface area contributed by atoms with Gasteiger partial charge in [-0.2, -0.15) is 18.4 Å². The first kappa shape index (κ1) is 9.20. The number of allylic oxidation sites excluding steroid dienone is 3. The van der Waals surface area contributed by atoms with Gasteiger partial charge in [0.05, 0.1) is 4.91 Å². The van der Waals surface area contributed by atoms with Gasteiger partial charge >= 0.3 is 6.18 Å². The van der Waals surface area contributed by atoms with Crippen LogP contribution in [0.1, 0.15) is 0 Å². The van der Waals surface area contributed by atoms with Gasteiger partial charge in [0.2, 0.25) is 0 Å². The summed E-state index contributed by atoms with van der Waals surface area (Å²) in [4.78, 5) is 0.0971. The van der Waals surface area contributed by atoms with E-state index in [9.17, 15) is 13.2 Å². The fourth-order valence-corrected chi connectivity index (χ4v) is 1.49. The third kappa shape index (κ3) is 2.05. The first-order chi connectivity index (χ1) is 5.54. The van der Waals surface area contributed by atoms with E-state index in [-0.39, 0.29) is 4.91 Å². The minimum Gasteiger partial charge on any atom is -0.192 e. The number of nitrogens with zero attached hydrogens (tertiary/aromatic N) is 1. The molecule has 0 spiro atoms. The van der Waals surface area contributed by atoms with Crippen molar-refractivity contribution < 1.29 is 13.2 Å². The highest BCUT2D eigenvalue weighted by molar-refractivity contribution is 8.04. The normalized spacial score (nSPS) is 23.2. The standard InChI is InChI=1S/C7H4F3NS/c8-7(9,10)6-3-1-2-5(4-11)12-6/h1-3,6H. The number of halogens is 3. The van der Waals surface area contributed by atoms with Gasteiger partial charge in [0, 0.05) is 0 Å². The maximum absolute atomic E-state index is 12.0. The summed E-state index contributed by atoms with van der Waals surface area (Å²) in [5.41, 5.74) is 0. The SMILES string of the molecule is N#CC1=CC=CC(C(F)(F)F)S1. The van der Waals surface area contributed by atoms with Crippen molar-refractivity contribution in [3.8, 4) is 6.07 Å². The van der Waals surface area contributed by atoms with E-state index >= 15 is 0 Å². The third-order valence-corrected chi connectivity index (χ3v) is 2.38. The zero-order valence-corrected chi connectivity index (χ0v) is 6.62. The van der Waals surface area contributed by atoms with Gasteiger partial charge in [0.25, 0.3) is 0 Å². The zero-order valence-electron chi connectivity index (χ0n) is 5.80. The molecule has 1 atom stereocenters. The van der Waals surface area contributed by atoms with Crippen LogP contribution >= 0.6 is 11.8 Å². The highest BCUT2D eigenvalue weighted by Crippen LogP contribution is 2.37. The Kier molecular flexibility index (Phi) is 2.48. The Morgan fingerprint density at radius 2 is 2.17 bits per heavy atom. The summed E-state index contributed by atoms with van der Waals surface area (Å²) in [6, 6.07) is 1.68. The Balaban J connectivity index is 2.74. The molecule has 0 radical (unpaired) electrons. The molecule has 0 aromatic rings. The summed E-state index contributed by atoms with van der Waals surface area (Å²) in [7, 11) is 0. The molecule has 1 aliphatic rings. The van der Waals surface area contributed by atoms with E-state index in [1.165, 1.54) is 12.2 Å². The van der Waals surface area contributed by atoms with Crippen molar-refractivity contribution in [3.63, 3.8) is 0 Å². The first-order valence-electron chi connectivity index (χ1n) is 3.06. The Bertz CT molecular complexity index is 271. The summed E-state index contributed by atoms with van der Waals surface area (Å²) < 4.78 is 36.1. The van der Waals surface area contributed by atoms with Crippen molar-refractivity contribution in [3.05, 3.63) is 23.1 Å². The molecule has 0 aliphatic carbocycles. The predicted octanol–water partition coefficient (Wildman–Crippen LogP) is 2.63. The van der Waals surface area contributed by atoms with Crippen LogP contribution in [0.5, 0.6) is 0 Å². The third-order valence-electron chi connectivity index (χ3n) is 1.22. The Morgan fingerprint density at radius 1 is 1.50 bits per heavy atom. The average molecular weight is 191 g/mol. The monoisotopic (exact) mass is 191 g/mol. The summed E-state index contributed by atoms with van der Waals surface area (Å²) in [5.74, 6) is 0. The first-order valence-corrected chi connectivity index (χ1v) is 3.94. The molecule has 1 aliphatic heterocycles. The molecule has 0 fully saturated rings. The van der Waals surface area contributed by atoms with Crippen molar-refractivity contribution in [2.24, 2.45) is 0 Å². The number of hydrogen-bond donors (Lipinski definition) is 0. The largest absolute Gasteiger partial charge is 0.404 e. The van der Waals surface area contributed by atoms with E-state index in [1.807, 2.05) is 0 Å². The van der Waals surface area contributed by atoms with Gasteiger partial charge in [-0.3, -0.25) is 0 Å². The summed E-state index contributed by atoms with van der Waals surface area (Å²) in [6.45, 7) is 0. The molecule has 0 aromatic carbocycles. The van der Waals surface area contributed by atoms with E-state index in [1.54, 1.807) is 6.07 Å². The van der Waals surface area contributed by atoms with Crippen LogP contribution in [0.4, 0.5) is 13.2 Å².